The molecule has 0 saturated carbocycles. The van der Waals surface area contributed by atoms with Gasteiger partial charge in [-0.15, -0.1) is 11.8 Å². The number of halogens is 1. The van der Waals surface area contributed by atoms with E-state index in [2.05, 4.69) is 0 Å². The average molecular weight is 685 g/mol. The quantitative estimate of drug-likeness (QED) is 0.168. The molecule has 0 radical (unpaired) electrons. The molecule has 0 unspecified atom stereocenters. The lowest BCUT2D eigenvalue weighted by atomic mass is 9.93. The van der Waals surface area contributed by atoms with Crippen molar-refractivity contribution in [3.63, 3.8) is 0 Å². The van der Waals surface area contributed by atoms with Gasteiger partial charge >= 0.3 is 5.97 Å². The van der Waals surface area contributed by atoms with E-state index in [4.69, 9.17) is 14.5 Å². The molecule has 204 valence electrons. The Balaban J connectivity index is 1.81. The van der Waals surface area contributed by atoms with E-state index in [-0.39, 0.29) is 17.9 Å². The maximum absolute atomic E-state index is 14.0. The van der Waals surface area contributed by atoms with Gasteiger partial charge in [0.15, 0.2) is 16.3 Å². The molecule has 5 rings (SSSR count). The molecule has 1 atom stereocenters. The van der Waals surface area contributed by atoms with Gasteiger partial charge in [0.2, 0.25) is 0 Å². The molecular formula is C30H25IN2O5S2. The summed E-state index contributed by atoms with van der Waals surface area (Å²) in [6, 6.07) is 20.0. The number of hydrogen-bond donors (Lipinski definition) is 1. The highest BCUT2D eigenvalue weighted by Gasteiger charge is 2.35. The minimum Gasteiger partial charge on any atom is -0.504 e. The molecule has 3 aromatic carbocycles. The Labute approximate surface area is 252 Å². The molecule has 0 amide bonds. The number of esters is 1. The van der Waals surface area contributed by atoms with Gasteiger partial charge in [-0.05, 0) is 77.2 Å². The van der Waals surface area contributed by atoms with Gasteiger partial charge in [-0.25, -0.2) is 9.79 Å². The van der Waals surface area contributed by atoms with E-state index in [0.29, 0.717) is 35.5 Å². The van der Waals surface area contributed by atoms with Gasteiger partial charge in [0, 0.05) is 10.5 Å². The first-order valence-electron chi connectivity index (χ1n) is 12.3. The van der Waals surface area contributed by atoms with Crippen molar-refractivity contribution in [3.8, 4) is 11.5 Å². The molecule has 0 aliphatic carbocycles. The van der Waals surface area contributed by atoms with Gasteiger partial charge in [0.05, 0.1) is 39.1 Å². The van der Waals surface area contributed by atoms with Gasteiger partial charge in [-0.3, -0.25) is 9.36 Å². The van der Waals surface area contributed by atoms with Crippen LogP contribution in [0.5, 0.6) is 11.5 Å². The van der Waals surface area contributed by atoms with E-state index in [9.17, 15) is 14.7 Å². The smallest absolute Gasteiger partial charge is 0.338 e. The molecule has 0 spiro atoms. The predicted octanol–water partition coefficient (Wildman–Crippen LogP) is 4.98. The highest BCUT2D eigenvalue weighted by atomic mass is 127. The molecule has 40 heavy (non-hydrogen) atoms. The number of rotatable bonds is 7. The van der Waals surface area contributed by atoms with Crippen molar-refractivity contribution < 1.29 is 19.4 Å². The number of carbonyl (C=O) groups excluding carboxylic acids is 1. The summed E-state index contributed by atoms with van der Waals surface area (Å²) in [5.41, 5.74) is 2.73. The molecule has 2 heterocycles. The fourth-order valence-corrected chi connectivity index (χ4v) is 6.56. The zero-order valence-electron chi connectivity index (χ0n) is 21.9. The summed E-state index contributed by atoms with van der Waals surface area (Å²) in [6.45, 7) is 1.94. The monoisotopic (exact) mass is 684 g/mol. The lowest BCUT2D eigenvalue weighted by molar-refractivity contribution is -0.138. The van der Waals surface area contributed by atoms with E-state index in [0.717, 1.165) is 16.0 Å². The van der Waals surface area contributed by atoms with Crippen LogP contribution in [0.3, 0.4) is 0 Å². The van der Waals surface area contributed by atoms with Crippen molar-refractivity contribution in [2.45, 2.75) is 17.9 Å². The number of hydrogen-bond acceptors (Lipinski definition) is 8. The third-order valence-corrected chi connectivity index (χ3v) is 8.92. The van der Waals surface area contributed by atoms with E-state index in [1.165, 1.54) is 18.4 Å². The van der Waals surface area contributed by atoms with Gasteiger partial charge in [-0.2, -0.15) is 0 Å². The molecule has 1 aliphatic rings. The number of benzene rings is 3. The molecular weight excluding hydrogens is 659 g/mol. The average Bonchev–Trinajstić information content (AvgIpc) is 3.28. The fourth-order valence-electron chi connectivity index (χ4n) is 4.53. The van der Waals surface area contributed by atoms with Crippen LogP contribution in [0.25, 0.3) is 11.8 Å². The van der Waals surface area contributed by atoms with Crippen molar-refractivity contribution in [3.05, 3.63) is 112 Å². The Hall–Kier alpha value is -3.35. The van der Waals surface area contributed by atoms with Crippen LogP contribution in [-0.4, -0.2) is 35.6 Å². The maximum atomic E-state index is 14.0. The fraction of sp³-hybridized carbons (Fsp3) is 0.167. The molecule has 0 bridgehead atoms. The van der Waals surface area contributed by atoms with Crippen LogP contribution < -0.4 is 19.6 Å². The highest BCUT2D eigenvalue weighted by Crippen LogP contribution is 2.36. The Morgan fingerprint density at radius 1 is 1.18 bits per heavy atom. The molecule has 1 N–H and O–H groups in total. The van der Waals surface area contributed by atoms with Gasteiger partial charge in [0.25, 0.3) is 5.56 Å². The normalized spacial score (nSPS) is 15.0. The molecule has 1 aromatic heterocycles. The van der Waals surface area contributed by atoms with Crippen LogP contribution in [0.4, 0.5) is 0 Å². The third kappa shape index (κ3) is 5.35. The summed E-state index contributed by atoms with van der Waals surface area (Å²) in [6.07, 6.45) is 3.74. The van der Waals surface area contributed by atoms with Crippen molar-refractivity contribution in [2.24, 2.45) is 4.99 Å². The second kappa shape index (κ2) is 12.0. The zero-order valence-corrected chi connectivity index (χ0v) is 25.7. The Kier molecular flexibility index (Phi) is 8.48. The summed E-state index contributed by atoms with van der Waals surface area (Å²) in [5.74, 6) is -0.160. The van der Waals surface area contributed by atoms with Crippen molar-refractivity contribution >= 4 is 63.4 Å². The standard InChI is InChI=1S/C30H25IN2O5S2/c1-4-38-29(36)24-25(18-8-6-5-7-9-18)32-30-33(26(24)19-10-12-20(39-3)13-11-19)28(35)23(40-30)16-17-14-21(31)27(34)22(15-17)37-2/h5-16,26,34H,4H2,1-3H3/b23-16-/t26-/m0/s1. The number of fused-ring (bicyclic) bond motifs is 1. The molecule has 7 nitrogen and oxygen atoms in total. The van der Waals surface area contributed by atoms with Crippen LogP contribution in [0.15, 0.2) is 87.0 Å². The number of carbonyl (C=O) groups is 1. The molecule has 10 heteroatoms. The second-order valence-electron chi connectivity index (χ2n) is 8.76. The van der Waals surface area contributed by atoms with Gasteiger partial charge < -0.3 is 14.6 Å². The lowest BCUT2D eigenvalue weighted by Gasteiger charge is -2.26. The van der Waals surface area contributed by atoms with Crippen LogP contribution in [0, 0.1) is 3.57 Å². The predicted molar refractivity (Wildman–Crippen MR) is 167 cm³/mol. The van der Waals surface area contributed by atoms with Gasteiger partial charge in [0.1, 0.15) is 0 Å². The molecule has 4 aromatic rings. The minimum atomic E-state index is -0.738. The summed E-state index contributed by atoms with van der Waals surface area (Å²) in [5, 5.41) is 10.3. The number of phenolic OH excluding ortho intramolecular Hbond substituents is 1. The number of thiazole rings is 1. The maximum Gasteiger partial charge on any atom is 0.338 e. The summed E-state index contributed by atoms with van der Waals surface area (Å²) in [4.78, 5) is 34.0. The van der Waals surface area contributed by atoms with Crippen LogP contribution >= 0.6 is 45.7 Å². The first-order valence-corrected chi connectivity index (χ1v) is 15.5. The van der Waals surface area contributed by atoms with Gasteiger partial charge in [-0.1, -0.05) is 53.8 Å². The minimum absolute atomic E-state index is 0.0435. The molecule has 0 saturated heterocycles. The lowest BCUT2D eigenvalue weighted by Crippen LogP contribution is -2.40. The number of ether oxygens (including phenoxy) is 2. The third-order valence-electron chi connectivity index (χ3n) is 6.37. The highest BCUT2D eigenvalue weighted by molar-refractivity contribution is 14.1. The van der Waals surface area contributed by atoms with Crippen molar-refractivity contribution in [1.82, 2.24) is 4.57 Å². The summed E-state index contributed by atoms with van der Waals surface area (Å²) >= 11 is 4.88. The Morgan fingerprint density at radius 3 is 2.55 bits per heavy atom. The summed E-state index contributed by atoms with van der Waals surface area (Å²) in [7, 11) is 1.48. The molecule has 1 aliphatic heterocycles. The summed E-state index contributed by atoms with van der Waals surface area (Å²) < 4.78 is 13.4. The number of phenols is 1. The van der Waals surface area contributed by atoms with E-state index < -0.39 is 12.0 Å². The van der Waals surface area contributed by atoms with Crippen LogP contribution in [0.2, 0.25) is 0 Å². The SMILES string of the molecule is CCOC(=O)C1=C(c2ccccc2)N=c2s/c(=C\c3cc(I)c(O)c(OC)c3)c(=O)n2[C@H]1c1ccc(SC)cc1. The number of thioether (sulfide) groups is 1. The van der Waals surface area contributed by atoms with Crippen LogP contribution in [-0.2, 0) is 9.53 Å². The second-order valence-corrected chi connectivity index (χ2v) is 11.8. The first-order chi connectivity index (χ1) is 19.4. The Morgan fingerprint density at radius 2 is 1.90 bits per heavy atom. The number of aromatic hydroxyl groups is 1. The topological polar surface area (TPSA) is 90.1 Å². The van der Waals surface area contributed by atoms with Crippen LogP contribution in [0.1, 0.15) is 29.7 Å². The number of methoxy groups -OCH3 is 1. The molecule has 0 fully saturated rings. The van der Waals surface area contributed by atoms with E-state index >= 15 is 0 Å². The Bertz CT molecular complexity index is 1790. The van der Waals surface area contributed by atoms with E-state index in [1.54, 1.807) is 41.5 Å². The first kappa shape index (κ1) is 28.2. The number of nitrogens with zero attached hydrogens (tertiary/aromatic N) is 2. The zero-order chi connectivity index (χ0) is 28.4. The number of aromatic nitrogens is 1. The van der Waals surface area contributed by atoms with E-state index in [1.807, 2.05) is 83.4 Å². The van der Waals surface area contributed by atoms with Crippen molar-refractivity contribution in [2.75, 3.05) is 20.0 Å². The van der Waals surface area contributed by atoms with Crippen molar-refractivity contribution in [1.29, 1.82) is 0 Å². The largest absolute Gasteiger partial charge is 0.504 e.